The second kappa shape index (κ2) is 7.95. The van der Waals surface area contributed by atoms with Crippen molar-refractivity contribution in [2.75, 3.05) is 13.1 Å². The maximum Gasteiger partial charge on any atom is 0.419 e. The van der Waals surface area contributed by atoms with Crippen LogP contribution in [0, 0.1) is 5.82 Å². The Hall–Kier alpha value is -1.54. The van der Waals surface area contributed by atoms with Gasteiger partial charge >= 0.3 is 6.18 Å². The molecule has 1 aliphatic heterocycles. The molecule has 0 unspecified atom stereocenters. The van der Waals surface area contributed by atoms with Crippen molar-refractivity contribution in [3.63, 3.8) is 0 Å². The van der Waals surface area contributed by atoms with Crippen LogP contribution < -0.4 is 4.72 Å². The molecule has 1 fully saturated rings. The molecular formula is C16H16F4N2O4S3. The lowest BCUT2D eigenvalue weighted by Crippen LogP contribution is -2.46. The van der Waals surface area contributed by atoms with Crippen LogP contribution >= 0.6 is 11.3 Å². The second-order valence-electron chi connectivity index (χ2n) is 6.37. The maximum absolute atomic E-state index is 13.4. The van der Waals surface area contributed by atoms with E-state index in [1.165, 1.54) is 6.07 Å². The molecule has 0 radical (unpaired) electrons. The average Bonchev–Trinajstić information content (AvgIpc) is 3.17. The van der Waals surface area contributed by atoms with E-state index in [-0.39, 0.29) is 36.2 Å². The summed E-state index contributed by atoms with van der Waals surface area (Å²) in [6.07, 6.45) is -4.73. The number of hydrogen-bond donors (Lipinski definition) is 1. The van der Waals surface area contributed by atoms with E-state index in [1.54, 1.807) is 11.4 Å². The molecular weight excluding hydrogens is 456 g/mol. The van der Waals surface area contributed by atoms with Gasteiger partial charge in [0.05, 0.1) is 10.5 Å². The van der Waals surface area contributed by atoms with E-state index in [0.717, 1.165) is 21.7 Å². The van der Waals surface area contributed by atoms with Crippen molar-refractivity contribution < 1.29 is 34.4 Å². The number of thiophene rings is 1. The number of rotatable bonds is 5. The molecule has 0 saturated carbocycles. The largest absolute Gasteiger partial charge is 0.419 e. The van der Waals surface area contributed by atoms with Crippen LogP contribution in [0.4, 0.5) is 17.6 Å². The fourth-order valence-electron chi connectivity index (χ4n) is 2.94. The van der Waals surface area contributed by atoms with Gasteiger partial charge in [0.1, 0.15) is 10.0 Å². The summed E-state index contributed by atoms with van der Waals surface area (Å²) >= 11 is 1.05. The fraction of sp³-hybridized carbons (Fsp3) is 0.375. The van der Waals surface area contributed by atoms with Gasteiger partial charge in [-0.3, -0.25) is 0 Å². The van der Waals surface area contributed by atoms with Gasteiger partial charge in [0.25, 0.3) is 0 Å². The van der Waals surface area contributed by atoms with Crippen LogP contribution in [0.1, 0.15) is 18.4 Å². The van der Waals surface area contributed by atoms with Gasteiger partial charge in [-0.2, -0.15) is 17.5 Å². The predicted octanol–water partition coefficient (Wildman–Crippen LogP) is 3.04. The van der Waals surface area contributed by atoms with E-state index >= 15 is 0 Å². The maximum atomic E-state index is 13.4. The third-order valence-electron chi connectivity index (χ3n) is 4.42. The van der Waals surface area contributed by atoms with Gasteiger partial charge in [0.2, 0.25) is 20.0 Å². The molecule has 29 heavy (non-hydrogen) atoms. The first kappa shape index (κ1) is 22.2. The molecule has 1 aromatic carbocycles. The zero-order valence-corrected chi connectivity index (χ0v) is 17.1. The average molecular weight is 473 g/mol. The van der Waals surface area contributed by atoms with Crippen LogP contribution in [0.25, 0.3) is 0 Å². The van der Waals surface area contributed by atoms with Crippen molar-refractivity contribution in [2.24, 2.45) is 0 Å². The van der Waals surface area contributed by atoms with Crippen LogP contribution in [0.15, 0.2) is 44.8 Å². The standard InChI is InChI=1S/C16H16F4N2O4S3/c17-14-4-3-12(10-13(14)16(18,19)20)29(25,26)22-7-5-11(6-8-22)21-28(23,24)15-2-1-9-27-15/h1-4,9-11,21H,5-8H2. The predicted molar refractivity (Wildman–Crippen MR) is 97.8 cm³/mol. The molecule has 0 bridgehead atoms. The molecule has 3 rings (SSSR count). The van der Waals surface area contributed by atoms with Crippen LogP contribution in [0.2, 0.25) is 0 Å². The summed E-state index contributed by atoms with van der Waals surface area (Å²) in [5.41, 5.74) is -1.66. The van der Waals surface area contributed by atoms with Crippen molar-refractivity contribution in [1.29, 1.82) is 0 Å². The summed E-state index contributed by atoms with van der Waals surface area (Å²) in [7, 11) is -7.99. The Morgan fingerprint density at radius 2 is 1.72 bits per heavy atom. The summed E-state index contributed by atoms with van der Waals surface area (Å²) in [6, 6.07) is 4.05. The first-order valence-electron chi connectivity index (χ1n) is 8.34. The summed E-state index contributed by atoms with van der Waals surface area (Å²) in [4.78, 5) is -0.663. The number of nitrogens with one attached hydrogen (secondary N) is 1. The Morgan fingerprint density at radius 1 is 1.07 bits per heavy atom. The lowest BCUT2D eigenvalue weighted by atomic mass is 10.1. The fourth-order valence-corrected chi connectivity index (χ4v) is 6.75. The van der Waals surface area contributed by atoms with E-state index in [4.69, 9.17) is 0 Å². The Balaban J connectivity index is 1.72. The minimum atomic E-state index is -5.03. The Kier molecular flexibility index (Phi) is 6.07. The normalized spacial score (nSPS) is 17.5. The van der Waals surface area contributed by atoms with Gasteiger partial charge < -0.3 is 0 Å². The molecule has 13 heteroatoms. The molecule has 2 heterocycles. The first-order valence-corrected chi connectivity index (χ1v) is 12.1. The van der Waals surface area contributed by atoms with Crippen molar-refractivity contribution in [3.8, 4) is 0 Å². The number of nitrogens with zero attached hydrogens (tertiary/aromatic N) is 1. The van der Waals surface area contributed by atoms with Crippen molar-refractivity contribution in [3.05, 3.63) is 47.1 Å². The van der Waals surface area contributed by atoms with Gasteiger partial charge in [-0.05, 0) is 42.5 Å². The summed E-state index contributed by atoms with van der Waals surface area (Å²) < 4.78 is 105. The third-order valence-corrected chi connectivity index (χ3v) is 9.23. The molecule has 6 nitrogen and oxygen atoms in total. The van der Waals surface area contributed by atoms with Gasteiger partial charge in [-0.15, -0.1) is 11.3 Å². The monoisotopic (exact) mass is 472 g/mol. The highest BCUT2D eigenvalue weighted by Crippen LogP contribution is 2.33. The number of sulfonamides is 2. The highest BCUT2D eigenvalue weighted by Gasteiger charge is 2.37. The minimum Gasteiger partial charge on any atom is -0.207 e. The van der Waals surface area contributed by atoms with E-state index in [9.17, 15) is 34.4 Å². The zero-order valence-electron chi connectivity index (χ0n) is 14.7. The Morgan fingerprint density at radius 3 is 2.28 bits per heavy atom. The van der Waals surface area contributed by atoms with E-state index < -0.39 is 48.5 Å². The van der Waals surface area contributed by atoms with Gasteiger partial charge in [-0.25, -0.2) is 25.9 Å². The van der Waals surface area contributed by atoms with Gasteiger partial charge in [0, 0.05) is 19.1 Å². The van der Waals surface area contributed by atoms with E-state index in [0.29, 0.717) is 6.07 Å². The van der Waals surface area contributed by atoms with Gasteiger partial charge in [0.15, 0.2) is 0 Å². The first-order chi connectivity index (χ1) is 13.4. The van der Waals surface area contributed by atoms with Crippen LogP contribution in [0.5, 0.6) is 0 Å². The summed E-state index contributed by atoms with van der Waals surface area (Å²) in [6.45, 7) is -0.169. The molecule has 1 aliphatic rings. The minimum absolute atomic E-state index is 0.0846. The number of halogens is 4. The molecule has 1 N–H and O–H groups in total. The highest BCUT2D eigenvalue weighted by molar-refractivity contribution is 7.91. The second-order valence-corrected chi connectivity index (χ2v) is 11.2. The molecule has 1 aromatic heterocycles. The SMILES string of the molecule is O=S(=O)(NC1CCN(S(=O)(=O)c2ccc(F)c(C(F)(F)F)c2)CC1)c1cccs1. The van der Waals surface area contributed by atoms with Crippen molar-refractivity contribution in [1.82, 2.24) is 9.03 Å². The number of hydrogen-bond acceptors (Lipinski definition) is 5. The van der Waals surface area contributed by atoms with E-state index in [2.05, 4.69) is 4.72 Å². The number of piperidine rings is 1. The highest BCUT2D eigenvalue weighted by atomic mass is 32.2. The molecule has 0 amide bonds. The number of benzene rings is 1. The Bertz CT molecular complexity index is 1080. The number of alkyl halides is 3. The summed E-state index contributed by atoms with van der Waals surface area (Å²) in [5.74, 6) is -1.56. The van der Waals surface area contributed by atoms with Crippen LogP contribution in [-0.2, 0) is 26.2 Å². The Labute approximate surface area is 169 Å². The van der Waals surface area contributed by atoms with Crippen molar-refractivity contribution >= 4 is 31.4 Å². The molecule has 2 aromatic rings. The smallest absolute Gasteiger partial charge is 0.207 e. The lowest BCUT2D eigenvalue weighted by molar-refractivity contribution is -0.140. The third kappa shape index (κ3) is 4.79. The summed E-state index contributed by atoms with van der Waals surface area (Å²) in [5, 5.41) is 1.61. The van der Waals surface area contributed by atoms with Crippen LogP contribution in [-0.4, -0.2) is 40.3 Å². The zero-order chi connectivity index (χ0) is 21.4. The quantitative estimate of drug-likeness (QED) is 0.678. The molecule has 160 valence electrons. The molecule has 0 aliphatic carbocycles. The molecule has 0 atom stereocenters. The lowest BCUT2D eigenvalue weighted by Gasteiger charge is -2.31. The van der Waals surface area contributed by atoms with Gasteiger partial charge in [-0.1, -0.05) is 6.07 Å². The van der Waals surface area contributed by atoms with Crippen molar-refractivity contribution in [2.45, 2.75) is 34.2 Å². The van der Waals surface area contributed by atoms with Crippen LogP contribution in [0.3, 0.4) is 0 Å². The topological polar surface area (TPSA) is 83.6 Å². The van der Waals surface area contributed by atoms with E-state index in [1.807, 2.05) is 0 Å². The molecule has 1 saturated heterocycles. The molecule has 0 spiro atoms.